The van der Waals surface area contributed by atoms with Crippen molar-refractivity contribution in [1.82, 2.24) is 9.88 Å². The minimum Gasteiger partial charge on any atom is -0.340 e. The van der Waals surface area contributed by atoms with Gasteiger partial charge in [0.15, 0.2) is 0 Å². The van der Waals surface area contributed by atoms with E-state index in [1.54, 1.807) is 17.5 Å². The second-order valence-corrected chi connectivity index (χ2v) is 3.49. The van der Waals surface area contributed by atoms with Crippen molar-refractivity contribution in [1.29, 1.82) is 0 Å². The normalized spacial score (nSPS) is 10.0. The van der Waals surface area contributed by atoms with Crippen molar-refractivity contribution in [3.63, 3.8) is 0 Å². The van der Waals surface area contributed by atoms with Gasteiger partial charge in [0.25, 0.3) is 0 Å². The Bertz CT molecular complexity index is 260. The van der Waals surface area contributed by atoms with Gasteiger partial charge in [-0.1, -0.05) is 0 Å². The minimum atomic E-state index is 0.0653. The Balaban J connectivity index is 2.41. The number of nitrogens with two attached hydrogens (primary N) is 1. The lowest BCUT2D eigenvalue weighted by atomic mass is 10.3. The molecule has 0 spiro atoms. The van der Waals surface area contributed by atoms with E-state index in [1.165, 1.54) is 11.3 Å². The molecule has 13 heavy (non-hydrogen) atoms. The molecule has 0 aliphatic heterocycles. The molecule has 1 amide bonds. The molecule has 0 atom stereocenters. The summed E-state index contributed by atoms with van der Waals surface area (Å²) in [5.41, 5.74) is 7.97. The van der Waals surface area contributed by atoms with Gasteiger partial charge in [0.05, 0.1) is 17.7 Å². The highest BCUT2D eigenvalue weighted by atomic mass is 32.1. The zero-order chi connectivity index (χ0) is 9.68. The van der Waals surface area contributed by atoms with Crippen LogP contribution in [0, 0.1) is 0 Å². The van der Waals surface area contributed by atoms with Gasteiger partial charge in [-0.3, -0.25) is 4.79 Å². The Morgan fingerprint density at radius 2 is 2.54 bits per heavy atom. The van der Waals surface area contributed by atoms with Crippen LogP contribution in [-0.4, -0.2) is 29.4 Å². The number of carbonyl (C=O) groups is 1. The fraction of sp³-hybridized carbons (Fsp3) is 0.500. The van der Waals surface area contributed by atoms with Gasteiger partial charge in [0.2, 0.25) is 5.91 Å². The summed E-state index contributed by atoms with van der Waals surface area (Å²) in [7, 11) is 1.76. The monoisotopic (exact) mass is 199 g/mol. The third-order valence-corrected chi connectivity index (χ3v) is 2.30. The smallest absolute Gasteiger partial charge is 0.223 e. The number of thiazole rings is 1. The van der Waals surface area contributed by atoms with Crippen molar-refractivity contribution in [2.24, 2.45) is 5.73 Å². The molecule has 5 heteroatoms. The molecule has 0 radical (unpaired) electrons. The lowest BCUT2D eigenvalue weighted by molar-refractivity contribution is -0.130. The molecule has 0 fully saturated rings. The van der Waals surface area contributed by atoms with Crippen molar-refractivity contribution in [3.05, 3.63) is 16.6 Å². The summed E-state index contributed by atoms with van der Waals surface area (Å²) in [6, 6.07) is 0. The van der Waals surface area contributed by atoms with E-state index in [4.69, 9.17) is 5.73 Å². The van der Waals surface area contributed by atoms with Crippen LogP contribution in [0.15, 0.2) is 10.9 Å². The lowest BCUT2D eigenvalue weighted by Gasteiger charge is -2.14. The van der Waals surface area contributed by atoms with Gasteiger partial charge in [-0.25, -0.2) is 4.98 Å². The standard InChI is InChI=1S/C8H13N3OS/c1-11(8(12)2-3-9)4-7-5-13-6-10-7/h5-6H,2-4,9H2,1H3. The molecule has 72 valence electrons. The Labute approximate surface area is 81.4 Å². The number of carbonyl (C=O) groups excluding carboxylic acids is 1. The van der Waals surface area contributed by atoms with Crippen molar-refractivity contribution < 1.29 is 4.79 Å². The predicted octanol–water partition coefficient (Wildman–Crippen LogP) is 0.450. The number of hydrogen-bond donors (Lipinski definition) is 1. The first kappa shape index (κ1) is 10.1. The quantitative estimate of drug-likeness (QED) is 0.766. The first-order chi connectivity index (χ1) is 6.24. The van der Waals surface area contributed by atoms with Crippen LogP contribution in [0.3, 0.4) is 0 Å². The van der Waals surface area contributed by atoms with Crippen LogP contribution < -0.4 is 5.73 Å². The topological polar surface area (TPSA) is 59.2 Å². The molecule has 1 heterocycles. The molecule has 0 aliphatic rings. The third kappa shape index (κ3) is 3.12. The Morgan fingerprint density at radius 1 is 1.77 bits per heavy atom. The van der Waals surface area contributed by atoms with E-state index in [1.807, 2.05) is 5.38 Å². The van der Waals surface area contributed by atoms with Crippen molar-refractivity contribution in [2.75, 3.05) is 13.6 Å². The second kappa shape index (κ2) is 4.94. The average molecular weight is 199 g/mol. The molecule has 1 aromatic rings. The van der Waals surface area contributed by atoms with Gasteiger partial charge in [-0.05, 0) is 0 Å². The summed E-state index contributed by atoms with van der Waals surface area (Å²) in [6.07, 6.45) is 0.403. The Hall–Kier alpha value is -0.940. The maximum absolute atomic E-state index is 11.3. The average Bonchev–Trinajstić information content (AvgIpc) is 2.57. The summed E-state index contributed by atoms with van der Waals surface area (Å²) in [5, 5.41) is 1.94. The Morgan fingerprint density at radius 3 is 3.08 bits per heavy atom. The van der Waals surface area contributed by atoms with Crippen LogP contribution in [0.25, 0.3) is 0 Å². The molecule has 0 unspecified atom stereocenters. The third-order valence-electron chi connectivity index (χ3n) is 1.67. The number of amides is 1. The number of hydrogen-bond acceptors (Lipinski definition) is 4. The van der Waals surface area contributed by atoms with Gasteiger partial charge in [0.1, 0.15) is 0 Å². The largest absolute Gasteiger partial charge is 0.340 e. The molecule has 0 aromatic carbocycles. The van der Waals surface area contributed by atoms with E-state index in [-0.39, 0.29) is 5.91 Å². The number of aromatic nitrogens is 1. The fourth-order valence-electron chi connectivity index (χ4n) is 0.961. The SMILES string of the molecule is CN(Cc1cscn1)C(=O)CCN. The molecular formula is C8H13N3OS. The molecular weight excluding hydrogens is 186 g/mol. The molecule has 0 aliphatic carbocycles. The zero-order valence-electron chi connectivity index (χ0n) is 7.56. The molecule has 0 bridgehead atoms. The van der Waals surface area contributed by atoms with E-state index in [2.05, 4.69) is 4.98 Å². The highest BCUT2D eigenvalue weighted by Crippen LogP contribution is 2.04. The fourth-order valence-corrected chi connectivity index (χ4v) is 1.51. The van der Waals surface area contributed by atoms with Crippen molar-refractivity contribution in [2.45, 2.75) is 13.0 Å². The summed E-state index contributed by atoms with van der Waals surface area (Å²) in [6.45, 7) is 0.975. The maximum atomic E-state index is 11.3. The van der Waals surface area contributed by atoms with Crippen LogP contribution >= 0.6 is 11.3 Å². The predicted molar refractivity (Wildman–Crippen MR) is 52.3 cm³/mol. The van der Waals surface area contributed by atoms with Crippen LogP contribution in [0.1, 0.15) is 12.1 Å². The van der Waals surface area contributed by atoms with E-state index in [0.717, 1.165) is 5.69 Å². The van der Waals surface area contributed by atoms with E-state index < -0.39 is 0 Å². The van der Waals surface area contributed by atoms with Crippen LogP contribution in [0.4, 0.5) is 0 Å². The van der Waals surface area contributed by atoms with Crippen molar-refractivity contribution >= 4 is 17.2 Å². The molecule has 2 N–H and O–H groups in total. The van der Waals surface area contributed by atoms with Crippen LogP contribution in [0.5, 0.6) is 0 Å². The van der Waals surface area contributed by atoms with E-state index in [0.29, 0.717) is 19.5 Å². The zero-order valence-corrected chi connectivity index (χ0v) is 8.38. The highest BCUT2D eigenvalue weighted by Gasteiger charge is 2.08. The second-order valence-electron chi connectivity index (χ2n) is 2.77. The van der Waals surface area contributed by atoms with Crippen LogP contribution in [0.2, 0.25) is 0 Å². The minimum absolute atomic E-state index is 0.0653. The molecule has 0 saturated heterocycles. The van der Waals surface area contributed by atoms with Gasteiger partial charge in [0, 0.05) is 25.4 Å². The van der Waals surface area contributed by atoms with Crippen LogP contribution in [-0.2, 0) is 11.3 Å². The summed E-state index contributed by atoms with van der Waals surface area (Å²) in [5.74, 6) is 0.0653. The molecule has 4 nitrogen and oxygen atoms in total. The van der Waals surface area contributed by atoms with Gasteiger partial charge < -0.3 is 10.6 Å². The first-order valence-electron chi connectivity index (χ1n) is 4.05. The highest BCUT2D eigenvalue weighted by molar-refractivity contribution is 7.07. The number of rotatable bonds is 4. The summed E-state index contributed by atoms with van der Waals surface area (Å²) < 4.78 is 0. The lowest BCUT2D eigenvalue weighted by Crippen LogP contribution is -2.28. The van der Waals surface area contributed by atoms with Crippen molar-refractivity contribution in [3.8, 4) is 0 Å². The summed E-state index contributed by atoms with van der Waals surface area (Å²) in [4.78, 5) is 17.0. The van der Waals surface area contributed by atoms with E-state index in [9.17, 15) is 4.79 Å². The number of nitrogens with zero attached hydrogens (tertiary/aromatic N) is 2. The van der Waals surface area contributed by atoms with Gasteiger partial charge >= 0.3 is 0 Å². The summed E-state index contributed by atoms with van der Waals surface area (Å²) >= 11 is 1.53. The molecule has 1 rings (SSSR count). The molecule has 1 aromatic heterocycles. The maximum Gasteiger partial charge on any atom is 0.223 e. The van der Waals surface area contributed by atoms with Gasteiger partial charge in [-0.2, -0.15) is 0 Å². The van der Waals surface area contributed by atoms with E-state index >= 15 is 0 Å². The van der Waals surface area contributed by atoms with Gasteiger partial charge in [-0.15, -0.1) is 11.3 Å². The molecule has 0 saturated carbocycles. The first-order valence-corrected chi connectivity index (χ1v) is 4.99. The Kier molecular flexibility index (Phi) is 3.85.